The predicted molar refractivity (Wildman–Crippen MR) is 94.0 cm³/mol. The minimum atomic E-state index is -0.935. The molecule has 0 aromatic rings. The van der Waals surface area contributed by atoms with Gasteiger partial charge in [-0.1, -0.05) is 19.7 Å². The van der Waals surface area contributed by atoms with Gasteiger partial charge >= 0.3 is 17.9 Å². The normalized spacial score (nSPS) is 14.6. The summed E-state index contributed by atoms with van der Waals surface area (Å²) in [4.78, 5) is 30.7. The van der Waals surface area contributed by atoms with E-state index in [2.05, 4.69) is 24.5 Å². The molecule has 0 radical (unpaired) electrons. The van der Waals surface area contributed by atoms with Crippen molar-refractivity contribution >= 4 is 17.9 Å². The van der Waals surface area contributed by atoms with Gasteiger partial charge in [0.05, 0.1) is 13.2 Å². The first-order valence-corrected chi connectivity index (χ1v) is 7.59. The second-order valence-electron chi connectivity index (χ2n) is 5.37. The van der Waals surface area contributed by atoms with Crippen LogP contribution in [0.15, 0.2) is 36.5 Å². The predicted octanol–water partition coefficient (Wildman–Crippen LogP) is 2.67. The molecule has 0 amide bonds. The van der Waals surface area contributed by atoms with Gasteiger partial charge in [0.2, 0.25) is 0 Å². The summed E-state index contributed by atoms with van der Waals surface area (Å²) >= 11 is 0. The number of methoxy groups -OCH3 is 1. The van der Waals surface area contributed by atoms with E-state index in [0.29, 0.717) is 17.8 Å². The zero-order chi connectivity index (χ0) is 20.0. The van der Waals surface area contributed by atoms with Crippen LogP contribution in [-0.2, 0) is 28.6 Å². The molecule has 1 aliphatic rings. The Morgan fingerprint density at radius 1 is 1.04 bits per heavy atom. The van der Waals surface area contributed by atoms with Crippen LogP contribution in [-0.4, -0.2) is 49.4 Å². The smallest absolute Gasteiger partial charge is 0.333 e. The molecule has 0 aromatic heterocycles. The van der Waals surface area contributed by atoms with Crippen LogP contribution in [0.1, 0.15) is 33.6 Å². The van der Waals surface area contributed by atoms with Gasteiger partial charge in [-0.15, -0.1) is 0 Å². The Bertz CT molecular complexity index is 488. The number of esters is 2. The Morgan fingerprint density at radius 2 is 1.52 bits per heavy atom. The molecule has 1 N–H and O–H groups in total. The first-order valence-electron chi connectivity index (χ1n) is 7.59. The lowest BCUT2D eigenvalue weighted by molar-refractivity contribution is -0.142. The van der Waals surface area contributed by atoms with Gasteiger partial charge in [0.1, 0.15) is 6.61 Å². The molecule has 1 saturated heterocycles. The van der Waals surface area contributed by atoms with Crippen molar-refractivity contribution in [2.75, 3.05) is 20.3 Å². The van der Waals surface area contributed by atoms with Crippen LogP contribution in [0.2, 0.25) is 0 Å². The Labute approximate surface area is 148 Å². The van der Waals surface area contributed by atoms with Crippen molar-refractivity contribution in [3.05, 3.63) is 36.5 Å². The van der Waals surface area contributed by atoms with E-state index in [-0.39, 0.29) is 23.6 Å². The lowest BCUT2D eigenvalue weighted by Gasteiger charge is -2.09. The van der Waals surface area contributed by atoms with Gasteiger partial charge in [-0.05, 0) is 33.6 Å². The summed E-state index contributed by atoms with van der Waals surface area (Å²) in [6, 6.07) is 0. The molecule has 0 saturated carbocycles. The molecule has 0 bridgehead atoms. The van der Waals surface area contributed by atoms with Crippen LogP contribution >= 0.6 is 0 Å². The highest BCUT2D eigenvalue weighted by atomic mass is 16.6. The number of hydrogen-bond donors (Lipinski definition) is 1. The number of hydrogen-bond acceptors (Lipinski definition) is 6. The first kappa shape index (κ1) is 24.8. The van der Waals surface area contributed by atoms with Crippen molar-refractivity contribution in [2.24, 2.45) is 0 Å². The molecule has 0 aliphatic carbocycles. The molecule has 0 spiro atoms. The van der Waals surface area contributed by atoms with Crippen molar-refractivity contribution < 1.29 is 33.7 Å². The summed E-state index contributed by atoms with van der Waals surface area (Å²) < 4.78 is 14.5. The van der Waals surface area contributed by atoms with Gasteiger partial charge in [0.15, 0.2) is 0 Å². The van der Waals surface area contributed by atoms with Crippen molar-refractivity contribution in [2.45, 2.75) is 39.7 Å². The Kier molecular flexibility index (Phi) is 13.9. The number of rotatable bonds is 5. The molecule has 7 heteroatoms. The SMILES string of the molecule is C=C(C)C(=O)O.C=C(C)C(=O)OC.C=C(C)C(=O)OCC1CCCO1. The van der Waals surface area contributed by atoms with Crippen LogP contribution in [0.4, 0.5) is 0 Å². The van der Waals surface area contributed by atoms with Crippen molar-refractivity contribution in [1.82, 2.24) is 0 Å². The molecule has 7 nitrogen and oxygen atoms in total. The average molecular weight is 356 g/mol. The van der Waals surface area contributed by atoms with Crippen LogP contribution in [0.25, 0.3) is 0 Å². The van der Waals surface area contributed by atoms with E-state index >= 15 is 0 Å². The van der Waals surface area contributed by atoms with E-state index in [1.165, 1.54) is 14.0 Å². The van der Waals surface area contributed by atoms with Crippen LogP contribution in [0.3, 0.4) is 0 Å². The highest BCUT2D eigenvalue weighted by Crippen LogP contribution is 2.12. The summed E-state index contributed by atoms with van der Waals surface area (Å²) in [5.74, 6) is -1.61. The highest BCUT2D eigenvalue weighted by Gasteiger charge is 2.17. The molecule has 1 atom stereocenters. The van der Waals surface area contributed by atoms with Gasteiger partial charge in [0.25, 0.3) is 0 Å². The number of aliphatic carboxylic acids is 1. The van der Waals surface area contributed by atoms with Crippen molar-refractivity contribution in [3.8, 4) is 0 Å². The fourth-order valence-electron chi connectivity index (χ4n) is 1.24. The number of carboxylic acids is 1. The third kappa shape index (κ3) is 14.9. The van der Waals surface area contributed by atoms with Gasteiger partial charge in [-0.25, -0.2) is 14.4 Å². The third-order valence-electron chi connectivity index (χ3n) is 2.67. The molecule has 1 unspecified atom stereocenters. The largest absolute Gasteiger partial charge is 0.478 e. The lowest BCUT2D eigenvalue weighted by Crippen LogP contribution is -2.17. The maximum atomic E-state index is 10.9. The van der Waals surface area contributed by atoms with Crippen molar-refractivity contribution in [1.29, 1.82) is 0 Å². The van der Waals surface area contributed by atoms with Crippen LogP contribution < -0.4 is 0 Å². The third-order valence-corrected chi connectivity index (χ3v) is 2.67. The van der Waals surface area contributed by atoms with E-state index in [1.54, 1.807) is 13.8 Å². The van der Waals surface area contributed by atoms with Gasteiger partial charge < -0.3 is 19.3 Å². The molecule has 1 fully saturated rings. The van der Waals surface area contributed by atoms with E-state index in [9.17, 15) is 14.4 Å². The maximum Gasteiger partial charge on any atom is 0.333 e. The summed E-state index contributed by atoms with van der Waals surface area (Å²) in [6.45, 7) is 15.8. The summed E-state index contributed by atoms with van der Waals surface area (Å²) in [5, 5.41) is 7.89. The topological polar surface area (TPSA) is 99.1 Å². The monoisotopic (exact) mass is 356 g/mol. The van der Waals surface area contributed by atoms with E-state index in [1.807, 2.05) is 0 Å². The minimum Gasteiger partial charge on any atom is -0.478 e. The van der Waals surface area contributed by atoms with E-state index < -0.39 is 5.97 Å². The number of carbonyl (C=O) groups is 3. The Morgan fingerprint density at radius 3 is 1.76 bits per heavy atom. The Hall–Kier alpha value is -2.41. The van der Waals surface area contributed by atoms with Crippen molar-refractivity contribution in [3.63, 3.8) is 0 Å². The van der Waals surface area contributed by atoms with Crippen LogP contribution in [0.5, 0.6) is 0 Å². The average Bonchev–Trinajstić information content (AvgIpc) is 3.06. The van der Waals surface area contributed by atoms with Gasteiger partial charge in [-0.2, -0.15) is 0 Å². The van der Waals surface area contributed by atoms with Crippen LogP contribution in [0, 0.1) is 0 Å². The molecule has 1 heterocycles. The zero-order valence-corrected chi connectivity index (χ0v) is 15.4. The number of carbonyl (C=O) groups excluding carboxylic acids is 2. The molecular formula is C18H28O7. The highest BCUT2D eigenvalue weighted by molar-refractivity contribution is 5.87. The standard InChI is InChI=1S/C9H14O3.C5H8O2.C4H6O2/c1-7(2)9(10)12-6-8-4-3-5-11-8;1-4(2)5(6)7-3;1-3(2)4(5)6/h8H,1,3-6H2,2H3;1H2,2-3H3;1H2,2H3,(H,5,6). The summed E-state index contributed by atoms with van der Waals surface area (Å²) in [6.07, 6.45) is 2.16. The lowest BCUT2D eigenvalue weighted by atomic mass is 10.2. The van der Waals surface area contributed by atoms with Gasteiger partial charge in [-0.3, -0.25) is 0 Å². The summed E-state index contributed by atoms with van der Waals surface area (Å²) in [7, 11) is 1.33. The molecule has 1 rings (SSSR count). The fourth-order valence-corrected chi connectivity index (χ4v) is 1.24. The second kappa shape index (κ2) is 14.0. The van der Waals surface area contributed by atoms with E-state index in [0.717, 1.165) is 19.4 Å². The summed E-state index contributed by atoms with van der Waals surface area (Å²) in [5.41, 5.74) is 1.05. The second-order valence-corrected chi connectivity index (χ2v) is 5.37. The molecule has 142 valence electrons. The van der Waals surface area contributed by atoms with Gasteiger partial charge in [0, 0.05) is 23.3 Å². The Balaban J connectivity index is 0. The quantitative estimate of drug-likeness (QED) is 0.597. The minimum absolute atomic E-state index is 0.105. The molecule has 25 heavy (non-hydrogen) atoms. The number of ether oxygens (including phenoxy) is 3. The fraction of sp³-hybridized carbons (Fsp3) is 0.500. The molecule has 1 aliphatic heterocycles. The maximum absolute atomic E-state index is 10.9. The first-order chi connectivity index (χ1) is 11.5. The van der Waals surface area contributed by atoms with E-state index in [4.69, 9.17) is 14.6 Å². The molecule has 0 aromatic carbocycles. The molecular weight excluding hydrogens is 328 g/mol. The zero-order valence-electron chi connectivity index (χ0n) is 15.4. The number of carboxylic acid groups (broad SMARTS) is 1.